The van der Waals surface area contributed by atoms with Crippen molar-refractivity contribution < 1.29 is 24.2 Å². The molecule has 160 valence electrons. The molecule has 0 bridgehead atoms. The van der Waals surface area contributed by atoms with Gasteiger partial charge in [-0.05, 0) is 35.9 Å². The predicted octanol–water partition coefficient (Wildman–Crippen LogP) is 1.73. The number of carboxylic acid groups (broad SMARTS) is 1. The van der Waals surface area contributed by atoms with Gasteiger partial charge in [-0.2, -0.15) is 10.2 Å². The van der Waals surface area contributed by atoms with E-state index in [4.69, 9.17) is 21.1 Å². The third-order valence-electron chi connectivity index (χ3n) is 4.28. The van der Waals surface area contributed by atoms with E-state index in [2.05, 4.69) is 15.6 Å². The van der Waals surface area contributed by atoms with Gasteiger partial charge < -0.3 is 19.4 Å². The average molecular weight is 442 g/mol. The van der Waals surface area contributed by atoms with Crippen LogP contribution in [-0.4, -0.2) is 42.1 Å². The molecule has 0 unspecified atom stereocenters. The standard InChI is InChI=1S/C21H19ClN4O5/c1-30-17-8-5-14(18(21(28)29)19(17)31-2)11-23-24-20(27)16-9-10-26(25-16)12-13-3-6-15(22)7-4-13/h3-11H,12H2,1-2H3,(H,24,27)(H,28,29)/p-1/b23-11-. The van der Waals surface area contributed by atoms with Crippen molar-refractivity contribution in [1.82, 2.24) is 15.2 Å². The molecule has 3 rings (SSSR count). The summed E-state index contributed by atoms with van der Waals surface area (Å²) in [4.78, 5) is 23.8. The summed E-state index contributed by atoms with van der Waals surface area (Å²) in [6, 6.07) is 11.8. The molecule has 0 aliphatic carbocycles. The van der Waals surface area contributed by atoms with Crippen molar-refractivity contribution in [2.45, 2.75) is 6.54 Å². The quantitative estimate of drug-likeness (QED) is 0.420. The van der Waals surface area contributed by atoms with E-state index in [9.17, 15) is 14.7 Å². The molecule has 1 aromatic heterocycles. The molecule has 3 aromatic rings. The first kappa shape index (κ1) is 21.8. The highest BCUT2D eigenvalue weighted by Gasteiger charge is 2.15. The van der Waals surface area contributed by atoms with Gasteiger partial charge in [0.05, 0.1) is 38.5 Å². The van der Waals surface area contributed by atoms with Gasteiger partial charge in [0.1, 0.15) is 0 Å². The lowest BCUT2D eigenvalue weighted by atomic mass is 10.1. The number of hydrogen-bond donors (Lipinski definition) is 1. The number of carbonyl (C=O) groups excluding carboxylic acids is 2. The highest BCUT2D eigenvalue weighted by atomic mass is 35.5. The monoisotopic (exact) mass is 441 g/mol. The number of ether oxygens (including phenoxy) is 2. The predicted molar refractivity (Wildman–Crippen MR) is 112 cm³/mol. The molecule has 0 fully saturated rings. The second kappa shape index (κ2) is 9.77. The summed E-state index contributed by atoms with van der Waals surface area (Å²) in [5.41, 5.74) is 3.37. The smallest absolute Gasteiger partial charge is 0.291 e. The summed E-state index contributed by atoms with van der Waals surface area (Å²) in [6.45, 7) is 0.467. The zero-order valence-electron chi connectivity index (χ0n) is 16.7. The number of aromatic carboxylic acids is 1. The van der Waals surface area contributed by atoms with E-state index < -0.39 is 11.9 Å². The van der Waals surface area contributed by atoms with E-state index in [-0.39, 0.29) is 28.3 Å². The molecule has 9 nitrogen and oxygen atoms in total. The summed E-state index contributed by atoms with van der Waals surface area (Å²) in [5.74, 6) is -1.79. The largest absolute Gasteiger partial charge is 0.545 e. The molecular formula is C21H18ClN4O5-. The first-order chi connectivity index (χ1) is 14.9. The van der Waals surface area contributed by atoms with E-state index in [0.717, 1.165) is 5.56 Å². The number of carbonyl (C=O) groups is 2. The number of rotatable bonds is 8. The van der Waals surface area contributed by atoms with Crippen LogP contribution in [0.15, 0.2) is 53.8 Å². The molecule has 31 heavy (non-hydrogen) atoms. The SMILES string of the molecule is COc1ccc(/C=N\NC(=O)c2ccn(Cc3ccc(Cl)cc3)n2)c(C(=O)[O-])c1OC. The minimum atomic E-state index is -1.47. The number of nitrogens with one attached hydrogen (secondary N) is 1. The Labute approximate surface area is 182 Å². The average Bonchev–Trinajstić information content (AvgIpc) is 3.23. The Morgan fingerprint density at radius 2 is 1.90 bits per heavy atom. The van der Waals surface area contributed by atoms with Crippen molar-refractivity contribution in [3.8, 4) is 11.5 Å². The summed E-state index contributed by atoms with van der Waals surface area (Å²) in [6.07, 6.45) is 2.84. The van der Waals surface area contributed by atoms with Crippen LogP contribution in [0.4, 0.5) is 0 Å². The maximum atomic E-state index is 12.3. The van der Waals surface area contributed by atoms with Gasteiger partial charge in [-0.15, -0.1) is 0 Å². The Hall–Kier alpha value is -3.85. The number of carboxylic acids is 1. The molecule has 10 heteroatoms. The second-order valence-electron chi connectivity index (χ2n) is 6.28. The molecule has 0 saturated heterocycles. The van der Waals surface area contributed by atoms with Crippen molar-refractivity contribution in [2.75, 3.05) is 14.2 Å². The van der Waals surface area contributed by atoms with Crippen LogP contribution in [0.2, 0.25) is 5.02 Å². The molecule has 0 atom stereocenters. The fraction of sp³-hybridized carbons (Fsp3) is 0.143. The van der Waals surface area contributed by atoms with Crippen molar-refractivity contribution in [2.24, 2.45) is 5.10 Å². The fourth-order valence-electron chi connectivity index (χ4n) is 2.83. The van der Waals surface area contributed by atoms with Gasteiger partial charge in [-0.25, -0.2) is 5.43 Å². The van der Waals surface area contributed by atoms with Gasteiger partial charge in [0, 0.05) is 16.8 Å². The van der Waals surface area contributed by atoms with E-state index >= 15 is 0 Å². The lowest BCUT2D eigenvalue weighted by Crippen LogP contribution is -2.25. The maximum absolute atomic E-state index is 12.3. The zero-order valence-corrected chi connectivity index (χ0v) is 17.4. The topological polar surface area (TPSA) is 118 Å². The van der Waals surface area contributed by atoms with Crippen molar-refractivity contribution in [3.63, 3.8) is 0 Å². The van der Waals surface area contributed by atoms with Crippen LogP contribution in [0.1, 0.15) is 32.0 Å². The number of benzene rings is 2. The minimum absolute atomic E-state index is 0.00119. The summed E-state index contributed by atoms with van der Waals surface area (Å²) >= 11 is 5.87. The van der Waals surface area contributed by atoms with Gasteiger partial charge in [0.25, 0.3) is 5.91 Å². The van der Waals surface area contributed by atoms with Crippen molar-refractivity contribution >= 4 is 29.7 Å². The second-order valence-corrected chi connectivity index (χ2v) is 6.71. The Balaban J connectivity index is 1.70. The normalized spacial score (nSPS) is 10.8. The third-order valence-corrected chi connectivity index (χ3v) is 4.53. The molecule has 0 spiro atoms. The van der Waals surface area contributed by atoms with Crippen LogP contribution in [0, 0.1) is 0 Å². The van der Waals surface area contributed by atoms with Crippen LogP contribution in [0.3, 0.4) is 0 Å². The van der Waals surface area contributed by atoms with Crippen LogP contribution in [0.25, 0.3) is 0 Å². The van der Waals surface area contributed by atoms with Crippen molar-refractivity contribution in [1.29, 1.82) is 0 Å². The van der Waals surface area contributed by atoms with Gasteiger partial charge in [-0.1, -0.05) is 23.7 Å². The molecule has 0 aliphatic rings. The van der Waals surface area contributed by atoms with Gasteiger partial charge in [0.2, 0.25) is 0 Å². The summed E-state index contributed by atoms with van der Waals surface area (Å²) in [5, 5.41) is 20.2. The first-order valence-corrected chi connectivity index (χ1v) is 9.38. The highest BCUT2D eigenvalue weighted by Crippen LogP contribution is 2.32. The van der Waals surface area contributed by atoms with E-state index in [0.29, 0.717) is 11.6 Å². The molecule has 1 amide bonds. The molecule has 2 aromatic carbocycles. The highest BCUT2D eigenvalue weighted by molar-refractivity contribution is 6.30. The number of hydrazone groups is 1. The van der Waals surface area contributed by atoms with Crippen LogP contribution < -0.4 is 20.0 Å². The Morgan fingerprint density at radius 1 is 1.16 bits per heavy atom. The third kappa shape index (κ3) is 5.20. The van der Waals surface area contributed by atoms with E-state index in [1.807, 2.05) is 12.1 Å². The number of halogens is 1. The van der Waals surface area contributed by atoms with E-state index in [1.54, 1.807) is 29.1 Å². The lowest BCUT2D eigenvalue weighted by molar-refractivity contribution is -0.255. The fourth-order valence-corrected chi connectivity index (χ4v) is 2.95. The molecule has 0 aliphatic heterocycles. The van der Waals surface area contributed by atoms with Gasteiger partial charge in [0.15, 0.2) is 17.2 Å². The molecule has 0 radical (unpaired) electrons. The summed E-state index contributed by atoms with van der Waals surface area (Å²) in [7, 11) is 2.70. The number of amides is 1. The molecule has 1 N–H and O–H groups in total. The number of methoxy groups -OCH3 is 2. The van der Waals surface area contributed by atoms with Crippen LogP contribution in [0.5, 0.6) is 11.5 Å². The Morgan fingerprint density at radius 3 is 2.55 bits per heavy atom. The van der Waals surface area contributed by atoms with Gasteiger partial charge >= 0.3 is 0 Å². The first-order valence-electron chi connectivity index (χ1n) is 9.00. The van der Waals surface area contributed by atoms with Crippen LogP contribution in [-0.2, 0) is 6.54 Å². The molecule has 0 saturated carbocycles. The van der Waals surface area contributed by atoms with Crippen LogP contribution >= 0.6 is 11.6 Å². The van der Waals surface area contributed by atoms with Gasteiger partial charge in [-0.3, -0.25) is 9.48 Å². The Kier molecular flexibility index (Phi) is 6.88. The lowest BCUT2D eigenvalue weighted by Gasteiger charge is -2.15. The van der Waals surface area contributed by atoms with Crippen molar-refractivity contribution in [3.05, 3.63) is 76.1 Å². The minimum Gasteiger partial charge on any atom is -0.545 e. The zero-order chi connectivity index (χ0) is 22.4. The molecular weight excluding hydrogens is 424 g/mol. The number of aromatic nitrogens is 2. The molecule has 1 heterocycles. The van der Waals surface area contributed by atoms with E-state index in [1.165, 1.54) is 32.6 Å². The number of nitrogens with zero attached hydrogens (tertiary/aromatic N) is 3. The Bertz CT molecular complexity index is 1130. The summed E-state index contributed by atoms with van der Waals surface area (Å²) < 4.78 is 11.8. The maximum Gasteiger partial charge on any atom is 0.291 e. The number of hydrogen-bond acceptors (Lipinski definition) is 7.